The first-order chi connectivity index (χ1) is 8.36. The van der Waals surface area contributed by atoms with Gasteiger partial charge in [-0.3, -0.25) is 0 Å². The van der Waals surface area contributed by atoms with Crippen molar-refractivity contribution in [2.24, 2.45) is 0 Å². The number of hydrogen-bond donors (Lipinski definition) is 1. The van der Waals surface area contributed by atoms with Crippen LogP contribution < -0.4 is 5.32 Å². The number of rotatable bonds is 9. The molecule has 0 saturated heterocycles. The van der Waals surface area contributed by atoms with Gasteiger partial charge in [0.2, 0.25) is 0 Å². The van der Waals surface area contributed by atoms with Crippen LogP contribution in [0.5, 0.6) is 0 Å². The highest BCUT2D eigenvalue weighted by Crippen LogP contribution is 2.29. The molecule has 1 aliphatic carbocycles. The van der Waals surface area contributed by atoms with Gasteiger partial charge in [-0.2, -0.15) is 11.8 Å². The Kier molecular flexibility index (Phi) is 9.27. The lowest BCUT2D eigenvalue weighted by Crippen LogP contribution is -2.32. The Labute approximate surface area is 113 Å². The standard InChI is InChI=1S/C15H31NS/c1-3-5-7-10-14(16-4-2)13-17-15-11-8-6-9-12-15/h14-16H,3-13H2,1-2H3. The van der Waals surface area contributed by atoms with Crippen LogP contribution in [0.15, 0.2) is 0 Å². The van der Waals surface area contributed by atoms with Crippen LogP contribution in [-0.4, -0.2) is 23.6 Å². The molecule has 102 valence electrons. The zero-order chi connectivity index (χ0) is 12.3. The Balaban J connectivity index is 2.13. The summed E-state index contributed by atoms with van der Waals surface area (Å²) < 4.78 is 0. The van der Waals surface area contributed by atoms with Crippen molar-refractivity contribution in [2.75, 3.05) is 12.3 Å². The number of thioether (sulfide) groups is 1. The van der Waals surface area contributed by atoms with Crippen LogP contribution in [0.2, 0.25) is 0 Å². The highest BCUT2D eigenvalue weighted by molar-refractivity contribution is 7.99. The minimum atomic E-state index is 0.762. The van der Waals surface area contributed by atoms with Crippen molar-refractivity contribution in [3.05, 3.63) is 0 Å². The van der Waals surface area contributed by atoms with Gasteiger partial charge in [0, 0.05) is 17.0 Å². The molecule has 1 fully saturated rings. The molecular formula is C15H31NS. The Morgan fingerprint density at radius 2 is 1.88 bits per heavy atom. The van der Waals surface area contributed by atoms with E-state index in [-0.39, 0.29) is 0 Å². The Bertz CT molecular complexity index is 166. The molecule has 1 aliphatic rings. The molecule has 0 aliphatic heterocycles. The maximum atomic E-state index is 3.66. The summed E-state index contributed by atoms with van der Waals surface area (Å²) in [6, 6.07) is 0.762. The summed E-state index contributed by atoms with van der Waals surface area (Å²) >= 11 is 2.24. The van der Waals surface area contributed by atoms with Crippen LogP contribution in [0, 0.1) is 0 Å². The quantitative estimate of drug-likeness (QED) is 0.605. The molecule has 0 heterocycles. The molecule has 0 bridgehead atoms. The van der Waals surface area contributed by atoms with Crippen LogP contribution in [0.25, 0.3) is 0 Å². The molecule has 17 heavy (non-hydrogen) atoms. The average Bonchev–Trinajstić information content (AvgIpc) is 2.37. The van der Waals surface area contributed by atoms with Crippen molar-refractivity contribution in [1.82, 2.24) is 5.32 Å². The lowest BCUT2D eigenvalue weighted by Gasteiger charge is -2.24. The predicted octanol–water partition coefficient (Wildman–Crippen LogP) is 4.61. The molecule has 0 aromatic carbocycles. The van der Waals surface area contributed by atoms with Crippen molar-refractivity contribution in [1.29, 1.82) is 0 Å². The maximum Gasteiger partial charge on any atom is 0.0158 e. The van der Waals surface area contributed by atoms with Gasteiger partial charge in [-0.15, -0.1) is 0 Å². The van der Waals surface area contributed by atoms with Gasteiger partial charge in [0.1, 0.15) is 0 Å². The maximum absolute atomic E-state index is 3.66. The molecule has 1 atom stereocenters. The third-order valence-electron chi connectivity index (χ3n) is 3.73. The van der Waals surface area contributed by atoms with Crippen LogP contribution in [-0.2, 0) is 0 Å². The predicted molar refractivity (Wildman–Crippen MR) is 80.9 cm³/mol. The van der Waals surface area contributed by atoms with E-state index in [0.29, 0.717) is 0 Å². The van der Waals surface area contributed by atoms with Gasteiger partial charge < -0.3 is 5.32 Å². The van der Waals surface area contributed by atoms with Gasteiger partial charge in [-0.1, -0.05) is 52.4 Å². The van der Waals surface area contributed by atoms with E-state index in [9.17, 15) is 0 Å². The monoisotopic (exact) mass is 257 g/mol. The molecule has 1 saturated carbocycles. The fraction of sp³-hybridized carbons (Fsp3) is 1.00. The second-order valence-corrected chi connectivity index (χ2v) is 6.68. The van der Waals surface area contributed by atoms with E-state index in [1.807, 2.05) is 0 Å². The van der Waals surface area contributed by atoms with E-state index in [0.717, 1.165) is 17.8 Å². The zero-order valence-corrected chi connectivity index (χ0v) is 12.7. The fourth-order valence-electron chi connectivity index (χ4n) is 2.66. The molecule has 1 rings (SSSR count). The second-order valence-electron chi connectivity index (χ2n) is 5.34. The first-order valence-corrected chi connectivity index (χ1v) is 8.76. The van der Waals surface area contributed by atoms with E-state index >= 15 is 0 Å². The molecule has 1 nitrogen and oxygen atoms in total. The molecular weight excluding hydrogens is 226 g/mol. The summed E-state index contributed by atoms with van der Waals surface area (Å²) in [6.45, 7) is 5.65. The summed E-state index contributed by atoms with van der Waals surface area (Å²) in [5.41, 5.74) is 0. The summed E-state index contributed by atoms with van der Waals surface area (Å²) in [4.78, 5) is 0. The second kappa shape index (κ2) is 10.3. The van der Waals surface area contributed by atoms with Crippen molar-refractivity contribution in [3.8, 4) is 0 Å². The smallest absolute Gasteiger partial charge is 0.0158 e. The summed E-state index contributed by atoms with van der Waals surface area (Å²) in [5, 5.41) is 4.63. The first-order valence-electron chi connectivity index (χ1n) is 7.71. The van der Waals surface area contributed by atoms with Crippen LogP contribution in [0.1, 0.15) is 71.6 Å². The first kappa shape index (κ1) is 15.4. The number of hydrogen-bond acceptors (Lipinski definition) is 2. The largest absolute Gasteiger partial charge is 0.313 e. The van der Waals surface area contributed by atoms with Crippen LogP contribution in [0.4, 0.5) is 0 Å². The van der Waals surface area contributed by atoms with Gasteiger partial charge in [0.15, 0.2) is 0 Å². The van der Waals surface area contributed by atoms with Crippen molar-refractivity contribution < 1.29 is 0 Å². The van der Waals surface area contributed by atoms with Crippen LogP contribution >= 0.6 is 11.8 Å². The van der Waals surface area contributed by atoms with E-state index in [1.165, 1.54) is 63.5 Å². The van der Waals surface area contributed by atoms with Gasteiger partial charge in [-0.25, -0.2) is 0 Å². The number of nitrogens with one attached hydrogen (secondary N) is 1. The van der Waals surface area contributed by atoms with Crippen molar-refractivity contribution in [2.45, 2.75) is 82.9 Å². The Morgan fingerprint density at radius 3 is 2.53 bits per heavy atom. The van der Waals surface area contributed by atoms with E-state index in [4.69, 9.17) is 0 Å². The lowest BCUT2D eigenvalue weighted by atomic mass is 10.0. The average molecular weight is 257 g/mol. The highest BCUT2D eigenvalue weighted by Gasteiger charge is 2.16. The third kappa shape index (κ3) is 7.35. The SMILES string of the molecule is CCCCCC(CSC1CCCCC1)NCC. The van der Waals surface area contributed by atoms with E-state index in [2.05, 4.69) is 30.9 Å². The molecule has 0 radical (unpaired) electrons. The minimum Gasteiger partial charge on any atom is -0.313 e. The van der Waals surface area contributed by atoms with E-state index in [1.54, 1.807) is 0 Å². The van der Waals surface area contributed by atoms with Gasteiger partial charge in [-0.05, 0) is 25.8 Å². The van der Waals surface area contributed by atoms with Gasteiger partial charge >= 0.3 is 0 Å². The van der Waals surface area contributed by atoms with Gasteiger partial charge in [0.25, 0.3) is 0 Å². The molecule has 0 aromatic rings. The molecule has 1 N–H and O–H groups in total. The zero-order valence-electron chi connectivity index (χ0n) is 11.8. The molecule has 0 aromatic heterocycles. The fourth-order valence-corrected chi connectivity index (χ4v) is 4.11. The number of unbranched alkanes of at least 4 members (excludes halogenated alkanes) is 2. The minimum absolute atomic E-state index is 0.762. The normalized spacial score (nSPS) is 19.4. The summed E-state index contributed by atoms with van der Waals surface area (Å²) in [7, 11) is 0. The molecule has 2 heteroatoms. The third-order valence-corrected chi connectivity index (χ3v) is 5.27. The summed E-state index contributed by atoms with van der Waals surface area (Å²) in [6.07, 6.45) is 12.9. The van der Waals surface area contributed by atoms with Crippen LogP contribution in [0.3, 0.4) is 0 Å². The molecule has 0 spiro atoms. The van der Waals surface area contributed by atoms with Gasteiger partial charge in [0.05, 0.1) is 0 Å². The Hall–Kier alpha value is 0.310. The Morgan fingerprint density at radius 1 is 1.12 bits per heavy atom. The van der Waals surface area contributed by atoms with Crippen molar-refractivity contribution >= 4 is 11.8 Å². The molecule has 1 unspecified atom stereocenters. The van der Waals surface area contributed by atoms with Crippen molar-refractivity contribution in [3.63, 3.8) is 0 Å². The molecule has 0 amide bonds. The summed E-state index contributed by atoms with van der Waals surface area (Å²) in [5.74, 6) is 1.34. The topological polar surface area (TPSA) is 12.0 Å². The lowest BCUT2D eigenvalue weighted by molar-refractivity contribution is 0.497. The van der Waals surface area contributed by atoms with E-state index < -0.39 is 0 Å². The highest BCUT2D eigenvalue weighted by atomic mass is 32.2.